The van der Waals surface area contributed by atoms with Crippen LogP contribution in [0.4, 0.5) is 0 Å². The third-order valence-corrected chi connectivity index (χ3v) is 2.44. The van der Waals surface area contributed by atoms with Crippen LogP contribution >= 0.6 is 0 Å². The molecule has 1 rings (SSSR count). The Bertz CT molecular complexity index is 393. The molecule has 0 saturated carbocycles. The molecule has 1 atom stereocenters. The maximum Gasteiger partial charge on any atom is 0.251 e. The van der Waals surface area contributed by atoms with E-state index in [4.69, 9.17) is 10.5 Å². The van der Waals surface area contributed by atoms with Crippen LogP contribution in [0.5, 0.6) is 5.75 Å². The summed E-state index contributed by atoms with van der Waals surface area (Å²) >= 11 is 0. The van der Waals surface area contributed by atoms with E-state index in [1.807, 2.05) is 0 Å². The fourth-order valence-electron chi connectivity index (χ4n) is 1.54. The number of benzene rings is 1. The van der Waals surface area contributed by atoms with Gasteiger partial charge < -0.3 is 20.9 Å². The number of rotatable bonds is 5. The first-order chi connectivity index (χ1) is 8.08. The molecule has 0 aliphatic heterocycles. The van der Waals surface area contributed by atoms with Crippen molar-refractivity contribution >= 4 is 5.91 Å². The summed E-state index contributed by atoms with van der Waals surface area (Å²) < 4.78 is 4.95. The van der Waals surface area contributed by atoms with Crippen molar-refractivity contribution in [2.45, 2.75) is 13.0 Å². The highest BCUT2D eigenvalue weighted by molar-refractivity contribution is 5.96. The third kappa shape index (κ3) is 3.72. The van der Waals surface area contributed by atoms with E-state index >= 15 is 0 Å². The Kier molecular flexibility index (Phi) is 4.93. The molecule has 0 aliphatic carbocycles. The molecule has 0 radical (unpaired) electrons. The fourth-order valence-corrected chi connectivity index (χ4v) is 1.54. The number of amides is 1. The molecule has 4 N–H and O–H groups in total. The molecular weight excluding hydrogens is 220 g/mol. The van der Waals surface area contributed by atoms with Crippen molar-refractivity contribution in [3.8, 4) is 5.75 Å². The molecule has 1 aromatic carbocycles. The van der Waals surface area contributed by atoms with Crippen molar-refractivity contribution in [3.05, 3.63) is 29.3 Å². The molecule has 5 nitrogen and oxygen atoms in total. The van der Waals surface area contributed by atoms with Gasteiger partial charge in [-0.25, -0.2) is 0 Å². The van der Waals surface area contributed by atoms with Crippen molar-refractivity contribution in [3.63, 3.8) is 0 Å². The molecular formula is C12H18N2O3. The predicted molar refractivity (Wildman–Crippen MR) is 65.0 cm³/mol. The summed E-state index contributed by atoms with van der Waals surface area (Å²) in [6.45, 7) is 2.46. The number of carbonyl (C=O) groups is 1. The number of phenols is 1. The SMILES string of the molecule is COCC(CN)NC(=O)c1ccc(O)cc1C. The minimum Gasteiger partial charge on any atom is -0.508 e. The first-order valence-electron chi connectivity index (χ1n) is 5.38. The van der Waals surface area contributed by atoms with Crippen LogP contribution in [0.3, 0.4) is 0 Å². The molecule has 0 spiro atoms. The van der Waals surface area contributed by atoms with Gasteiger partial charge in [-0.3, -0.25) is 4.79 Å². The molecule has 1 unspecified atom stereocenters. The van der Waals surface area contributed by atoms with E-state index in [-0.39, 0.29) is 17.7 Å². The van der Waals surface area contributed by atoms with Crippen LogP contribution in [0.15, 0.2) is 18.2 Å². The van der Waals surface area contributed by atoms with E-state index < -0.39 is 0 Å². The number of methoxy groups -OCH3 is 1. The normalized spacial score (nSPS) is 12.2. The molecule has 0 aliphatic rings. The number of ether oxygens (including phenoxy) is 1. The van der Waals surface area contributed by atoms with Gasteiger partial charge in [0.1, 0.15) is 5.75 Å². The number of carbonyl (C=O) groups excluding carboxylic acids is 1. The van der Waals surface area contributed by atoms with Gasteiger partial charge in [0.2, 0.25) is 0 Å². The Morgan fingerprint density at radius 2 is 2.29 bits per heavy atom. The number of nitrogens with one attached hydrogen (secondary N) is 1. The molecule has 1 amide bonds. The number of phenolic OH excluding ortho intramolecular Hbond substituents is 1. The third-order valence-electron chi connectivity index (χ3n) is 2.44. The predicted octanol–water partition coefficient (Wildman–Crippen LogP) is 0.404. The summed E-state index contributed by atoms with van der Waals surface area (Å²) in [5.74, 6) is -0.0682. The zero-order valence-electron chi connectivity index (χ0n) is 10.1. The van der Waals surface area contributed by atoms with Gasteiger partial charge in [-0.05, 0) is 30.7 Å². The van der Waals surface area contributed by atoms with Crippen molar-refractivity contribution in [1.82, 2.24) is 5.32 Å². The van der Waals surface area contributed by atoms with E-state index in [1.165, 1.54) is 6.07 Å². The highest BCUT2D eigenvalue weighted by atomic mass is 16.5. The summed E-state index contributed by atoms with van der Waals surface area (Å²) in [7, 11) is 1.56. The van der Waals surface area contributed by atoms with Crippen LogP contribution < -0.4 is 11.1 Å². The van der Waals surface area contributed by atoms with Crippen molar-refractivity contribution in [2.75, 3.05) is 20.3 Å². The molecule has 94 valence electrons. The summed E-state index contributed by atoms with van der Waals surface area (Å²) in [5, 5.41) is 12.0. The molecule has 0 aromatic heterocycles. The molecule has 0 heterocycles. The number of hydrogen-bond donors (Lipinski definition) is 3. The Morgan fingerprint density at radius 3 is 2.82 bits per heavy atom. The zero-order valence-corrected chi connectivity index (χ0v) is 10.1. The minimum atomic E-state index is -0.213. The van der Waals surface area contributed by atoms with E-state index in [2.05, 4.69) is 5.32 Å². The van der Waals surface area contributed by atoms with Gasteiger partial charge in [-0.15, -0.1) is 0 Å². The van der Waals surface area contributed by atoms with Gasteiger partial charge in [0.15, 0.2) is 0 Å². The van der Waals surface area contributed by atoms with Crippen molar-refractivity contribution in [1.29, 1.82) is 0 Å². The molecule has 17 heavy (non-hydrogen) atoms. The van der Waals surface area contributed by atoms with Gasteiger partial charge in [0.25, 0.3) is 5.91 Å². The Labute approximate surface area is 101 Å². The molecule has 5 heteroatoms. The monoisotopic (exact) mass is 238 g/mol. The lowest BCUT2D eigenvalue weighted by Gasteiger charge is -2.16. The van der Waals surface area contributed by atoms with Gasteiger partial charge in [0, 0.05) is 19.2 Å². The van der Waals surface area contributed by atoms with Crippen LogP contribution in [-0.4, -0.2) is 37.3 Å². The molecule has 1 aromatic rings. The van der Waals surface area contributed by atoms with E-state index in [0.717, 1.165) is 5.56 Å². The molecule has 0 bridgehead atoms. The average Bonchev–Trinajstić information content (AvgIpc) is 2.28. The van der Waals surface area contributed by atoms with Crippen LogP contribution in [0.2, 0.25) is 0 Å². The van der Waals surface area contributed by atoms with Gasteiger partial charge in [-0.1, -0.05) is 0 Å². The number of aryl methyl sites for hydroxylation is 1. The Morgan fingerprint density at radius 1 is 1.59 bits per heavy atom. The molecule has 0 saturated heterocycles. The Hall–Kier alpha value is -1.59. The summed E-state index contributed by atoms with van der Waals surface area (Å²) in [5.41, 5.74) is 6.76. The van der Waals surface area contributed by atoms with Gasteiger partial charge in [-0.2, -0.15) is 0 Å². The second kappa shape index (κ2) is 6.22. The first kappa shape index (κ1) is 13.5. The maximum absolute atomic E-state index is 11.9. The average molecular weight is 238 g/mol. The summed E-state index contributed by atoms with van der Waals surface area (Å²) in [4.78, 5) is 11.9. The van der Waals surface area contributed by atoms with Crippen LogP contribution in [0, 0.1) is 6.92 Å². The summed E-state index contributed by atoms with van der Waals surface area (Å²) in [6.07, 6.45) is 0. The van der Waals surface area contributed by atoms with E-state index in [1.54, 1.807) is 26.2 Å². The highest BCUT2D eigenvalue weighted by Crippen LogP contribution is 2.15. The number of nitrogens with two attached hydrogens (primary N) is 1. The lowest BCUT2D eigenvalue weighted by atomic mass is 10.1. The van der Waals surface area contributed by atoms with Gasteiger partial charge in [0.05, 0.1) is 12.6 Å². The van der Waals surface area contributed by atoms with Crippen molar-refractivity contribution < 1.29 is 14.6 Å². The lowest BCUT2D eigenvalue weighted by molar-refractivity contribution is 0.0900. The maximum atomic E-state index is 11.9. The summed E-state index contributed by atoms with van der Waals surface area (Å²) in [6, 6.07) is 4.40. The van der Waals surface area contributed by atoms with Crippen LogP contribution in [0.25, 0.3) is 0 Å². The first-order valence-corrected chi connectivity index (χ1v) is 5.38. The number of aromatic hydroxyl groups is 1. The van der Waals surface area contributed by atoms with Crippen LogP contribution in [-0.2, 0) is 4.74 Å². The van der Waals surface area contributed by atoms with E-state index in [0.29, 0.717) is 18.7 Å². The second-order valence-corrected chi connectivity index (χ2v) is 3.86. The smallest absolute Gasteiger partial charge is 0.251 e. The van der Waals surface area contributed by atoms with E-state index in [9.17, 15) is 9.90 Å². The zero-order chi connectivity index (χ0) is 12.8. The lowest BCUT2D eigenvalue weighted by Crippen LogP contribution is -2.43. The second-order valence-electron chi connectivity index (χ2n) is 3.86. The molecule has 0 fully saturated rings. The topological polar surface area (TPSA) is 84.6 Å². The Balaban J connectivity index is 2.75. The highest BCUT2D eigenvalue weighted by Gasteiger charge is 2.14. The number of hydrogen-bond acceptors (Lipinski definition) is 4. The van der Waals surface area contributed by atoms with Crippen molar-refractivity contribution in [2.24, 2.45) is 5.73 Å². The fraction of sp³-hybridized carbons (Fsp3) is 0.417. The largest absolute Gasteiger partial charge is 0.508 e. The van der Waals surface area contributed by atoms with Crippen LogP contribution in [0.1, 0.15) is 15.9 Å². The quantitative estimate of drug-likeness (QED) is 0.693. The standard InChI is InChI=1S/C12H18N2O3/c1-8-5-10(15)3-4-11(8)12(16)14-9(6-13)7-17-2/h3-5,9,15H,6-7,13H2,1-2H3,(H,14,16). The van der Waals surface area contributed by atoms with Gasteiger partial charge >= 0.3 is 0 Å². The minimum absolute atomic E-state index is 0.145.